The number of rotatable bonds is 4. The zero-order chi connectivity index (χ0) is 15.0. The van der Waals surface area contributed by atoms with Crippen LogP contribution in [0.5, 0.6) is 5.88 Å². The molecule has 2 aromatic heterocycles. The minimum atomic E-state index is -0.347. The summed E-state index contributed by atoms with van der Waals surface area (Å²) in [4.78, 5) is 4.46. The van der Waals surface area contributed by atoms with Crippen LogP contribution in [0.4, 0.5) is 5.69 Å². The van der Waals surface area contributed by atoms with Crippen LogP contribution in [0, 0.1) is 0 Å². The maximum Gasteiger partial charge on any atom is 0.238 e. The Balaban J connectivity index is 1.82. The fourth-order valence-electron chi connectivity index (χ4n) is 1.76. The molecule has 2 N–H and O–H groups in total. The van der Waals surface area contributed by atoms with Gasteiger partial charge in [-0.25, -0.2) is 9.67 Å². The SMILES string of the molecule is CC(C)(C)Oc1nc(Sc2nnnn2C2CC2)ccc1N. The third-order valence-corrected chi connectivity index (χ3v) is 3.71. The quantitative estimate of drug-likeness (QED) is 0.926. The molecule has 0 atom stereocenters. The van der Waals surface area contributed by atoms with Gasteiger partial charge in [0, 0.05) is 0 Å². The third kappa shape index (κ3) is 3.44. The number of nitrogens with two attached hydrogens (primary N) is 1. The minimum Gasteiger partial charge on any atom is -0.470 e. The maximum atomic E-state index is 5.92. The van der Waals surface area contributed by atoms with E-state index in [4.69, 9.17) is 10.5 Å². The number of hydrogen-bond acceptors (Lipinski definition) is 7. The molecule has 8 heteroatoms. The molecule has 2 heterocycles. The highest BCUT2D eigenvalue weighted by Gasteiger charge is 2.28. The predicted octanol–water partition coefficient (Wildman–Crippen LogP) is 2.31. The molecule has 0 spiro atoms. The zero-order valence-electron chi connectivity index (χ0n) is 12.3. The molecular formula is C13H18N6OS. The van der Waals surface area contributed by atoms with E-state index in [9.17, 15) is 0 Å². The van der Waals surface area contributed by atoms with Gasteiger partial charge in [-0.2, -0.15) is 0 Å². The molecule has 0 bridgehead atoms. The van der Waals surface area contributed by atoms with Crippen molar-refractivity contribution >= 4 is 17.4 Å². The predicted molar refractivity (Wildman–Crippen MR) is 79.2 cm³/mol. The Labute approximate surface area is 127 Å². The van der Waals surface area contributed by atoms with E-state index in [0.29, 0.717) is 17.6 Å². The van der Waals surface area contributed by atoms with Crippen LogP contribution < -0.4 is 10.5 Å². The number of hydrogen-bond donors (Lipinski definition) is 1. The summed E-state index contributed by atoms with van der Waals surface area (Å²) in [6.45, 7) is 5.88. The molecule has 1 aliphatic rings. The van der Waals surface area contributed by atoms with Gasteiger partial charge in [0.2, 0.25) is 11.0 Å². The van der Waals surface area contributed by atoms with Crippen molar-refractivity contribution in [3.05, 3.63) is 12.1 Å². The Hall–Kier alpha value is -1.83. The number of aromatic nitrogens is 5. The second kappa shape index (κ2) is 5.18. The Morgan fingerprint density at radius 2 is 2.10 bits per heavy atom. The Morgan fingerprint density at radius 3 is 2.76 bits per heavy atom. The van der Waals surface area contributed by atoms with Gasteiger partial charge in [-0.05, 0) is 67.9 Å². The van der Waals surface area contributed by atoms with Crippen LogP contribution in [0.1, 0.15) is 39.7 Å². The van der Waals surface area contributed by atoms with E-state index in [-0.39, 0.29) is 5.60 Å². The van der Waals surface area contributed by atoms with Crippen LogP contribution >= 0.6 is 11.8 Å². The molecule has 7 nitrogen and oxygen atoms in total. The Morgan fingerprint density at radius 1 is 1.33 bits per heavy atom. The molecule has 0 amide bonds. The average Bonchev–Trinajstić information content (AvgIpc) is 3.13. The molecule has 1 aliphatic carbocycles. The number of tetrazole rings is 1. The van der Waals surface area contributed by atoms with Gasteiger partial charge in [-0.3, -0.25) is 0 Å². The summed E-state index contributed by atoms with van der Waals surface area (Å²) in [5.74, 6) is 0.443. The number of pyridine rings is 1. The van der Waals surface area contributed by atoms with Crippen LogP contribution in [-0.4, -0.2) is 30.8 Å². The molecule has 0 unspecified atom stereocenters. The Kier molecular flexibility index (Phi) is 3.48. The summed E-state index contributed by atoms with van der Waals surface area (Å²) in [6, 6.07) is 4.07. The first kappa shape index (κ1) is 14.1. The van der Waals surface area contributed by atoms with Crippen molar-refractivity contribution in [1.82, 2.24) is 25.2 Å². The smallest absolute Gasteiger partial charge is 0.238 e. The molecule has 1 fully saturated rings. The van der Waals surface area contributed by atoms with Gasteiger partial charge in [-0.15, -0.1) is 5.10 Å². The summed E-state index contributed by atoms with van der Waals surface area (Å²) in [5, 5.41) is 13.3. The van der Waals surface area contributed by atoms with Gasteiger partial charge in [-0.1, -0.05) is 0 Å². The van der Waals surface area contributed by atoms with Crippen molar-refractivity contribution in [2.24, 2.45) is 0 Å². The first-order valence-electron chi connectivity index (χ1n) is 6.83. The van der Waals surface area contributed by atoms with Gasteiger partial charge in [0.25, 0.3) is 0 Å². The van der Waals surface area contributed by atoms with Crippen LogP contribution in [0.2, 0.25) is 0 Å². The molecule has 1 saturated carbocycles. The molecule has 112 valence electrons. The van der Waals surface area contributed by atoms with Gasteiger partial charge in [0.1, 0.15) is 10.6 Å². The van der Waals surface area contributed by atoms with E-state index >= 15 is 0 Å². The highest BCUT2D eigenvalue weighted by molar-refractivity contribution is 7.99. The summed E-state index contributed by atoms with van der Waals surface area (Å²) < 4.78 is 7.63. The summed E-state index contributed by atoms with van der Waals surface area (Å²) in [7, 11) is 0. The molecule has 0 aliphatic heterocycles. The van der Waals surface area contributed by atoms with Gasteiger partial charge < -0.3 is 10.5 Å². The lowest BCUT2D eigenvalue weighted by molar-refractivity contribution is 0.124. The minimum absolute atomic E-state index is 0.347. The average molecular weight is 306 g/mol. The highest BCUT2D eigenvalue weighted by Crippen LogP contribution is 2.38. The molecule has 0 saturated heterocycles. The van der Waals surface area contributed by atoms with Crippen molar-refractivity contribution < 1.29 is 4.74 Å². The van der Waals surface area contributed by atoms with Crippen molar-refractivity contribution in [2.45, 2.75) is 55.4 Å². The van der Waals surface area contributed by atoms with Crippen molar-refractivity contribution in [3.8, 4) is 5.88 Å². The van der Waals surface area contributed by atoms with Crippen LogP contribution in [0.15, 0.2) is 22.3 Å². The summed E-state index contributed by atoms with van der Waals surface area (Å²) in [5.41, 5.74) is 6.09. The van der Waals surface area contributed by atoms with Crippen molar-refractivity contribution in [1.29, 1.82) is 0 Å². The topological polar surface area (TPSA) is 91.7 Å². The molecular weight excluding hydrogens is 288 g/mol. The molecule has 0 aromatic carbocycles. The second-order valence-corrected chi connectivity index (χ2v) is 6.99. The van der Waals surface area contributed by atoms with E-state index in [0.717, 1.165) is 23.0 Å². The van der Waals surface area contributed by atoms with E-state index in [1.807, 2.05) is 31.5 Å². The zero-order valence-corrected chi connectivity index (χ0v) is 13.1. The van der Waals surface area contributed by atoms with Crippen molar-refractivity contribution in [3.63, 3.8) is 0 Å². The lowest BCUT2D eigenvalue weighted by Gasteiger charge is -2.21. The first-order chi connectivity index (χ1) is 9.92. The number of anilines is 1. The second-order valence-electron chi connectivity index (χ2n) is 6.00. The lowest BCUT2D eigenvalue weighted by atomic mass is 10.2. The van der Waals surface area contributed by atoms with E-state index < -0.39 is 0 Å². The monoisotopic (exact) mass is 306 g/mol. The van der Waals surface area contributed by atoms with Crippen LogP contribution in [0.25, 0.3) is 0 Å². The standard InChI is InChI=1S/C13H18N6OS/c1-13(2,3)20-11-9(14)6-7-10(15-11)21-12-16-17-18-19(12)8-4-5-8/h6-8H,4-5,14H2,1-3H3. The van der Waals surface area contributed by atoms with E-state index in [1.165, 1.54) is 11.8 Å². The first-order valence-corrected chi connectivity index (χ1v) is 7.65. The molecule has 3 rings (SSSR count). The summed E-state index contributed by atoms with van der Waals surface area (Å²) >= 11 is 1.42. The Bertz CT molecular complexity index is 646. The number of nitrogens with zero attached hydrogens (tertiary/aromatic N) is 5. The summed E-state index contributed by atoms with van der Waals surface area (Å²) in [6.07, 6.45) is 2.26. The van der Waals surface area contributed by atoms with Crippen LogP contribution in [-0.2, 0) is 0 Å². The lowest BCUT2D eigenvalue weighted by Crippen LogP contribution is -2.24. The normalized spacial score (nSPS) is 15.2. The van der Waals surface area contributed by atoms with Gasteiger partial charge in [0.15, 0.2) is 0 Å². The van der Waals surface area contributed by atoms with Crippen molar-refractivity contribution in [2.75, 3.05) is 5.73 Å². The molecule has 0 radical (unpaired) electrons. The third-order valence-electron chi connectivity index (χ3n) is 2.82. The van der Waals surface area contributed by atoms with Crippen LogP contribution in [0.3, 0.4) is 0 Å². The van der Waals surface area contributed by atoms with Gasteiger partial charge >= 0.3 is 0 Å². The molecule has 21 heavy (non-hydrogen) atoms. The van der Waals surface area contributed by atoms with E-state index in [1.54, 1.807) is 6.07 Å². The maximum absolute atomic E-state index is 5.92. The number of nitrogen functional groups attached to an aromatic ring is 1. The molecule has 2 aromatic rings. The fourth-order valence-corrected chi connectivity index (χ4v) is 2.57. The number of ether oxygens (including phenoxy) is 1. The van der Waals surface area contributed by atoms with E-state index in [2.05, 4.69) is 20.5 Å². The fraction of sp³-hybridized carbons (Fsp3) is 0.538. The largest absolute Gasteiger partial charge is 0.470 e. The highest BCUT2D eigenvalue weighted by atomic mass is 32.2. The van der Waals surface area contributed by atoms with Gasteiger partial charge in [0.05, 0.1) is 11.7 Å².